The first-order valence-electron chi connectivity index (χ1n) is 10.2. The second-order valence-electron chi connectivity index (χ2n) is 8.98. The molecule has 2 fully saturated rings. The number of hydrogen-bond donors (Lipinski definition) is 1. The molecule has 5 rings (SSSR count). The van der Waals surface area contributed by atoms with E-state index in [0.717, 1.165) is 18.3 Å². The average molecular weight is 362 g/mol. The minimum Gasteiger partial charge on any atom is -0.478 e. The van der Waals surface area contributed by atoms with E-state index in [1.54, 1.807) is 12.4 Å². The molecule has 2 aromatic rings. The van der Waals surface area contributed by atoms with Crippen LogP contribution in [0.1, 0.15) is 77.9 Å². The first-order chi connectivity index (χ1) is 13.1. The van der Waals surface area contributed by atoms with E-state index in [0.29, 0.717) is 22.8 Å². The fourth-order valence-corrected chi connectivity index (χ4v) is 6.75. The molecule has 0 bridgehead atoms. The number of benzene rings is 1. The van der Waals surface area contributed by atoms with Gasteiger partial charge in [0.1, 0.15) is 6.33 Å². The molecule has 1 aromatic carbocycles. The lowest BCUT2D eigenvalue weighted by Crippen LogP contribution is -2.41. The number of rotatable bonds is 2. The highest BCUT2D eigenvalue weighted by Crippen LogP contribution is 2.65. The van der Waals surface area contributed by atoms with Gasteiger partial charge in [0.25, 0.3) is 0 Å². The lowest BCUT2D eigenvalue weighted by atomic mass is 9.53. The van der Waals surface area contributed by atoms with E-state index in [-0.39, 0.29) is 0 Å². The predicted molar refractivity (Wildman–Crippen MR) is 103 cm³/mol. The summed E-state index contributed by atoms with van der Waals surface area (Å²) >= 11 is 0. The number of carbonyl (C=O) groups is 1. The molecule has 1 aromatic heterocycles. The summed E-state index contributed by atoms with van der Waals surface area (Å²) < 4.78 is 0. The van der Waals surface area contributed by atoms with E-state index >= 15 is 0 Å². The third-order valence-corrected chi connectivity index (χ3v) is 7.96. The van der Waals surface area contributed by atoms with Crippen LogP contribution in [0, 0.1) is 17.3 Å². The molecule has 3 aliphatic rings. The Kier molecular flexibility index (Phi) is 3.85. The van der Waals surface area contributed by atoms with Gasteiger partial charge in [-0.25, -0.2) is 14.8 Å². The topological polar surface area (TPSA) is 63.1 Å². The highest BCUT2D eigenvalue weighted by atomic mass is 16.4. The van der Waals surface area contributed by atoms with E-state index in [4.69, 9.17) is 0 Å². The lowest BCUT2D eigenvalue weighted by molar-refractivity contribution is 0.0480. The maximum absolute atomic E-state index is 11.3. The average Bonchev–Trinajstić information content (AvgIpc) is 3.05. The molecule has 0 spiro atoms. The minimum atomic E-state index is -0.820. The maximum atomic E-state index is 11.3. The second-order valence-corrected chi connectivity index (χ2v) is 8.98. The number of carboxylic acids is 1. The van der Waals surface area contributed by atoms with E-state index in [2.05, 4.69) is 23.0 Å². The highest BCUT2D eigenvalue weighted by molar-refractivity contribution is 5.88. The molecule has 1 heterocycles. The number of aromatic carboxylic acids is 1. The number of fused-ring (bicyclic) bond motifs is 5. The summed E-state index contributed by atoms with van der Waals surface area (Å²) in [6.45, 7) is 2.50. The van der Waals surface area contributed by atoms with Crippen molar-refractivity contribution in [2.75, 3.05) is 0 Å². The van der Waals surface area contributed by atoms with Crippen molar-refractivity contribution in [1.29, 1.82) is 0 Å². The molecular weight excluding hydrogens is 336 g/mol. The Labute approximate surface area is 160 Å². The number of nitrogens with zero attached hydrogens (tertiary/aromatic N) is 2. The summed E-state index contributed by atoms with van der Waals surface area (Å²) in [5.74, 6) is 1.82. The number of carboxylic acid groups (broad SMARTS) is 1. The van der Waals surface area contributed by atoms with Crippen molar-refractivity contribution >= 4 is 5.97 Å². The van der Waals surface area contributed by atoms with Crippen LogP contribution < -0.4 is 0 Å². The molecule has 2 saturated carbocycles. The van der Waals surface area contributed by atoms with Crippen molar-refractivity contribution in [2.24, 2.45) is 17.3 Å². The first kappa shape index (κ1) is 16.9. The van der Waals surface area contributed by atoms with Crippen LogP contribution in [0.15, 0.2) is 36.9 Å². The lowest BCUT2D eigenvalue weighted by Gasteiger charge is -2.51. The highest BCUT2D eigenvalue weighted by Gasteiger charge is 2.55. The Hall–Kier alpha value is -2.23. The van der Waals surface area contributed by atoms with Crippen molar-refractivity contribution in [2.45, 2.75) is 57.3 Å². The largest absolute Gasteiger partial charge is 0.478 e. The van der Waals surface area contributed by atoms with Crippen molar-refractivity contribution in [3.8, 4) is 0 Å². The quantitative estimate of drug-likeness (QED) is 0.832. The molecule has 140 valence electrons. The molecule has 4 heteroatoms. The number of aryl methyl sites for hydroxylation is 1. The minimum absolute atomic E-state index is 0.338. The van der Waals surface area contributed by atoms with Crippen molar-refractivity contribution in [1.82, 2.24) is 9.97 Å². The Morgan fingerprint density at radius 2 is 1.96 bits per heavy atom. The van der Waals surface area contributed by atoms with Gasteiger partial charge in [0, 0.05) is 12.4 Å². The Balaban J connectivity index is 1.46. The predicted octanol–water partition coefficient (Wildman–Crippen LogP) is 4.81. The van der Waals surface area contributed by atoms with Gasteiger partial charge in [-0.05, 0) is 96.4 Å². The summed E-state index contributed by atoms with van der Waals surface area (Å²) in [5, 5.41) is 9.30. The monoisotopic (exact) mass is 362 g/mol. The summed E-state index contributed by atoms with van der Waals surface area (Å²) in [6.07, 6.45) is 12.8. The third kappa shape index (κ3) is 2.53. The van der Waals surface area contributed by atoms with Crippen molar-refractivity contribution in [3.63, 3.8) is 0 Å². The Morgan fingerprint density at radius 1 is 1.15 bits per heavy atom. The van der Waals surface area contributed by atoms with Crippen LogP contribution in [0.2, 0.25) is 0 Å². The normalized spacial score (nSPS) is 34.4. The molecule has 5 atom stereocenters. The van der Waals surface area contributed by atoms with Crippen LogP contribution in [-0.4, -0.2) is 21.0 Å². The molecule has 27 heavy (non-hydrogen) atoms. The molecule has 1 N–H and O–H groups in total. The molecule has 4 nitrogen and oxygen atoms in total. The molecular formula is C23H26N2O2. The van der Waals surface area contributed by atoms with Crippen LogP contribution >= 0.6 is 0 Å². The summed E-state index contributed by atoms with van der Waals surface area (Å²) in [7, 11) is 0. The van der Waals surface area contributed by atoms with Crippen LogP contribution in [-0.2, 0) is 6.42 Å². The third-order valence-electron chi connectivity index (χ3n) is 7.96. The van der Waals surface area contributed by atoms with Gasteiger partial charge in [-0.1, -0.05) is 13.0 Å². The zero-order valence-electron chi connectivity index (χ0n) is 15.8. The summed E-state index contributed by atoms with van der Waals surface area (Å²) in [6, 6.07) is 5.83. The van der Waals surface area contributed by atoms with Gasteiger partial charge in [0.2, 0.25) is 0 Å². The van der Waals surface area contributed by atoms with Gasteiger partial charge in [-0.15, -0.1) is 0 Å². The number of aromatic nitrogens is 2. The van der Waals surface area contributed by atoms with Crippen LogP contribution in [0.5, 0.6) is 0 Å². The molecule has 0 radical (unpaired) electrons. The summed E-state index contributed by atoms with van der Waals surface area (Å²) in [4.78, 5) is 19.9. The van der Waals surface area contributed by atoms with Crippen molar-refractivity contribution < 1.29 is 9.90 Å². The zero-order chi connectivity index (χ0) is 18.6. The number of hydrogen-bond acceptors (Lipinski definition) is 3. The SMILES string of the molecule is C[C@]12CC[C@@H]3c4ccc(C(=O)O)cc4CC[C@H]3[C@@H]1CC[C@@H]2c1cncnc1. The smallest absolute Gasteiger partial charge is 0.335 e. The van der Waals surface area contributed by atoms with Crippen LogP contribution in [0.4, 0.5) is 0 Å². The van der Waals surface area contributed by atoms with Gasteiger partial charge in [-0.3, -0.25) is 0 Å². The second kappa shape index (κ2) is 6.15. The summed E-state index contributed by atoms with van der Waals surface area (Å²) in [5.41, 5.74) is 4.77. The zero-order valence-corrected chi connectivity index (χ0v) is 15.8. The van der Waals surface area contributed by atoms with E-state index in [1.165, 1.54) is 48.8 Å². The van der Waals surface area contributed by atoms with E-state index < -0.39 is 5.97 Å². The van der Waals surface area contributed by atoms with E-state index in [1.807, 2.05) is 18.5 Å². The standard InChI is InChI=1S/C23H26N2O2/c1-23-9-8-18-17-4-3-15(22(26)27)10-14(17)2-5-19(18)21(23)7-6-20(23)16-11-24-13-25-12-16/h3-4,10-13,18-21H,2,5-9H2,1H3,(H,26,27)/t18-,19-,20-,21+,23-/m1/s1. The molecule has 0 saturated heterocycles. The Bertz CT molecular complexity index is 881. The van der Waals surface area contributed by atoms with Gasteiger partial charge >= 0.3 is 5.97 Å². The van der Waals surface area contributed by atoms with Crippen molar-refractivity contribution in [3.05, 3.63) is 59.2 Å². The molecule has 0 aliphatic heterocycles. The fraction of sp³-hybridized carbons (Fsp3) is 0.522. The fourth-order valence-electron chi connectivity index (χ4n) is 6.75. The molecule has 0 unspecified atom stereocenters. The van der Waals surface area contributed by atoms with E-state index in [9.17, 15) is 9.90 Å². The van der Waals surface area contributed by atoms with Gasteiger partial charge in [0.05, 0.1) is 5.56 Å². The molecule has 0 amide bonds. The van der Waals surface area contributed by atoms with Gasteiger partial charge < -0.3 is 5.11 Å². The van der Waals surface area contributed by atoms with Gasteiger partial charge in [-0.2, -0.15) is 0 Å². The maximum Gasteiger partial charge on any atom is 0.335 e. The Morgan fingerprint density at radius 3 is 2.74 bits per heavy atom. The van der Waals surface area contributed by atoms with Gasteiger partial charge in [0.15, 0.2) is 0 Å². The first-order valence-corrected chi connectivity index (χ1v) is 10.2. The van der Waals surface area contributed by atoms with Crippen LogP contribution in [0.25, 0.3) is 0 Å². The molecule has 3 aliphatic carbocycles. The van der Waals surface area contributed by atoms with Crippen LogP contribution in [0.3, 0.4) is 0 Å².